The van der Waals surface area contributed by atoms with E-state index < -0.39 is 5.54 Å². The predicted octanol–water partition coefficient (Wildman–Crippen LogP) is 1.24. The number of carbonyl (C=O) groups excluding carboxylic acids is 1. The second-order valence-electron chi connectivity index (χ2n) is 5.26. The number of hydrogen-bond donors (Lipinski definition) is 1. The summed E-state index contributed by atoms with van der Waals surface area (Å²) in [6.45, 7) is 5.51. The first-order chi connectivity index (χ1) is 8.46. The van der Waals surface area contributed by atoms with Gasteiger partial charge in [0, 0.05) is 25.8 Å². The minimum atomic E-state index is -0.520. The average molecular weight is 248 g/mol. The molecule has 1 aromatic carbocycles. The average Bonchev–Trinajstić information content (AvgIpc) is 2.36. The smallest absolute Gasteiger partial charge is 0.247 e. The van der Waals surface area contributed by atoms with Crippen LogP contribution in [0.3, 0.4) is 0 Å². The Morgan fingerprint density at radius 2 is 1.83 bits per heavy atom. The SMILES string of the molecule is CN1CCN(c2ccc(CO)cc2)C(C)(C)C1=O. The molecule has 1 aliphatic heterocycles. The highest BCUT2D eigenvalue weighted by molar-refractivity contribution is 5.90. The second kappa shape index (κ2) is 4.61. The topological polar surface area (TPSA) is 43.8 Å². The Hall–Kier alpha value is -1.55. The first-order valence-electron chi connectivity index (χ1n) is 6.20. The third-order valence-corrected chi connectivity index (χ3v) is 3.63. The van der Waals surface area contributed by atoms with Crippen LogP contribution in [0.5, 0.6) is 0 Å². The number of benzene rings is 1. The largest absolute Gasteiger partial charge is 0.392 e. The zero-order chi connectivity index (χ0) is 13.3. The monoisotopic (exact) mass is 248 g/mol. The molecule has 0 bridgehead atoms. The van der Waals surface area contributed by atoms with Crippen LogP contribution in [0, 0.1) is 0 Å². The molecule has 0 atom stereocenters. The number of rotatable bonds is 2. The van der Waals surface area contributed by atoms with Gasteiger partial charge >= 0.3 is 0 Å². The lowest BCUT2D eigenvalue weighted by Crippen LogP contribution is -2.62. The van der Waals surface area contributed by atoms with Crippen molar-refractivity contribution in [2.75, 3.05) is 25.0 Å². The zero-order valence-electron chi connectivity index (χ0n) is 11.2. The Morgan fingerprint density at radius 3 is 2.39 bits per heavy atom. The standard InChI is InChI=1S/C14H20N2O2/c1-14(2)13(18)15(3)8-9-16(14)12-6-4-11(10-17)5-7-12/h4-7,17H,8-10H2,1-3H3. The van der Waals surface area contributed by atoms with E-state index in [4.69, 9.17) is 5.11 Å². The molecule has 1 heterocycles. The molecule has 4 nitrogen and oxygen atoms in total. The van der Waals surface area contributed by atoms with Crippen LogP contribution in [0.25, 0.3) is 0 Å². The van der Waals surface area contributed by atoms with Crippen LogP contribution in [0.15, 0.2) is 24.3 Å². The summed E-state index contributed by atoms with van der Waals surface area (Å²) in [5.41, 5.74) is 1.39. The van der Waals surface area contributed by atoms with Crippen LogP contribution in [0.2, 0.25) is 0 Å². The van der Waals surface area contributed by atoms with Gasteiger partial charge in [-0.3, -0.25) is 4.79 Å². The summed E-state index contributed by atoms with van der Waals surface area (Å²) < 4.78 is 0. The van der Waals surface area contributed by atoms with Gasteiger partial charge in [-0.05, 0) is 31.5 Å². The van der Waals surface area contributed by atoms with Crippen molar-refractivity contribution in [2.45, 2.75) is 26.0 Å². The van der Waals surface area contributed by atoms with Crippen molar-refractivity contribution in [3.8, 4) is 0 Å². The number of hydrogen-bond acceptors (Lipinski definition) is 3. The summed E-state index contributed by atoms with van der Waals surface area (Å²) in [4.78, 5) is 16.1. The van der Waals surface area contributed by atoms with Crippen LogP contribution in [0.4, 0.5) is 5.69 Å². The van der Waals surface area contributed by atoms with E-state index in [-0.39, 0.29) is 12.5 Å². The third-order valence-electron chi connectivity index (χ3n) is 3.63. The lowest BCUT2D eigenvalue weighted by Gasteiger charge is -2.46. The molecule has 2 rings (SSSR count). The minimum Gasteiger partial charge on any atom is -0.392 e. The number of piperazine rings is 1. The Morgan fingerprint density at radius 1 is 1.22 bits per heavy atom. The van der Waals surface area contributed by atoms with E-state index in [1.54, 1.807) is 4.90 Å². The normalized spacial score (nSPS) is 19.2. The molecule has 0 unspecified atom stereocenters. The van der Waals surface area contributed by atoms with Crippen molar-refractivity contribution in [2.24, 2.45) is 0 Å². The second-order valence-corrected chi connectivity index (χ2v) is 5.26. The molecular formula is C14H20N2O2. The number of carbonyl (C=O) groups is 1. The molecule has 1 amide bonds. The molecule has 0 aliphatic carbocycles. The van der Waals surface area contributed by atoms with Gasteiger partial charge in [0.15, 0.2) is 0 Å². The third kappa shape index (κ3) is 2.08. The summed E-state index contributed by atoms with van der Waals surface area (Å²) in [5.74, 6) is 0.139. The van der Waals surface area contributed by atoms with E-state index in [0.29, 0.717) is 0 Å². The minimum absolute atomic E-state index is 0.0470. The molecule has 1 fully saturated rings. The fourth-order valence-corrected chi connectivity index (χ4v) is 2.45. The van der Waals surface area contributed by atoms with Crippen molar-refractivity contribution in [3.63, 3.8) is 0 Å². The molecule has 18 heavy (non-hydrogen) atoms. The maximum absolute atomic E-state index is 12.2. The van der Waals surface area contributed by atoms with Crippen molar-refractivity contribution in [3.05, 3.63) is 29.8 Å². The van der Waals surface area contributed by atoms with Crippen LogP contribution >= 0.6 is 0 Å². The molecule has 0 spiro atoms. The summed E-state index contributed by atoms with van der Waals surface area (Å²) in [5, 5.41) is 9.04. The maximum Gasteiger partial charge on any atom is 0.247 e. The van der Waals surface area contributed by atoms with Gasteiger partial charge in [-0.1, -0.05) is 12.1 Å². The fraction of sp³-hybridized carbons (Fsp3) is 0.500. The molecule has 1 aromatic rings. The quantitative estimate of drug-likeness (QED) is 0.856. The number of aliphatic hydroxyl groups excluding tert-OH is 1. The van der Waals surface area contributed by atoms with Crippen molar-refractivity contribution >= 4 is 11.6 Å². The van der Waals surface area contributed by atoms with Gasteiger partial charge in [-0.15, -0.1) is 0 Å². The molecular weight excluding hydrogens is 228 g/mol. The predicted molar refractivity (Wildman–Crippen MR) is 71.4 cm³/mol. The first-order valence-corrected chi connectivity index (χ1v) is 6.20. The van der Waals surface area contributed by atoms with E-state index in [1.165, 1.54) is 0 Å². The van der Waals surface area contributed by atoms with Gasteiger partial charge in [0.05, 0.1) is 6.61 Å². The van der Waals surface area contributed by atoms with Crippen LogP contribution < -0.4 is 4.90 Å². The Bertz CT molecular complexity index is 440. The molecule has 1 N–H and O–H groups in total. The van der Waals surface area contributed by atoms with E-state index in [9.17, 15) is 4.79 Å². The summed E-state index contributed by atoms with van der Waals surface area (Å²) in [6, 6.07) is 7.72. The maximum atomic E-state index is 12.2. The fourth-order valence-electron chi connectivity index (χ4n) is 2.45. The van der Waals surface area contributed by atoms with E-state index in [0.717, 1.165) is 24.3 Å². The van der Waals surface area contributed by atoms with Crippen LogP contribution in [-0.4, -0.2) is 41.6 Å². The van der Waals surface area contributed by atoms with E-state index in [2.05, 4.69) is 4.90 Å². The number of anilines is 1. The van der Waals surface area contributed by atoms with Crippen molar-refractivity contribution in [1.29, 1.82) is 0 Å². The highest BCUT2D eigenvalue weighted by atomic mass is 16.3. The Kier molecular flexibility index (Phi) is 3.30. The molecule has 0 aromatic heterocycles. The summed E-state index contributed by atoms with van der Waals surface area (Å²) in [7, 11) is 1.84. The molecule has 0 radical (unpaired) electrons. The van der Waals surface area contributed by atoms with Gasteiger partial charge < -0.3 is 14.9 Å². The highest BCUT2D eigenvalue weighted by Gasteiger charge is 2.40. The van der Waals surface area contributed by atoms with E-state index >= 15 is 0 Å². The molecule has 1 saturated heterocycles. The van der Waals surface area contributed by atoms with Crippen LogP contribution in [-0.2, 0) is 11.4 Å². The molecule has 1 aliphatic rings. The zero-order valence-corrected chi connectivity index (χ0v) is 11.2. The van der Waals surface area contributed by atoms with Crippen molar-refractivity contribution in [1.82, 2.24) is 4.90 Å². The number of aliphatic hydroxyl groups is 1. The van der Waals surface area contributed by atoms with Gasteiger partial charge in [-0.2, -0.15) is 0 Å². The molecule has 0 saturated carbocycles. The van der Waals surface area contributed by atoms with Gasteiger partial charge in [-0.25, -0.2) is 0 Å². The molecule has 4 heteroatoms. The van der Waals surface area contributed by atoms with Gasteiger partial charge in [0.25, 0.3) is 0 Å². The van der Waals surface area contributed by atoms with Crippen molar-refractivity contribution < 1.29 is 9.90 Å². The van der Waals surface area contributed by atoms with E-state index in [1.807, 2.05) is 45.2 Å². The first kappa shape index (κ1) is 12.9. The number of likely N-dealkylation sites (N-methyl/N-ethyl adjacent to an activating group) is 1. The van der Waals surface area contributed by atoms with Gasteiger partial charge in [0.2, 0.25) is 5.91 Å². The van der Waals surface area contributed by atoms with Gasteiger partial charge in [0.1, 0.15) is 5.54 Å². The Labute approximate surface area is 108 Å². The lowest BCUT2D eigenvalue weighted by molar-refractivity contribution is -0.136. The highest BCUT2D eigenvalue weighted by Crippen LogP contribution is 2.28. The number of amides is 1. The summed E-state index contributed by atoms with van der Waals surface area (Å²) in [6.07, 6.45) is 0. The Balaban J connectivity index is 2.29. The lowest BCUT2D eigenvalue weighted by atomic mass is 9.96. The number of nitrogens with zero attached hydrogens (tertiary/aromatic N) is 2. The summed E-state index contributed by atoms with van der Waals surface area (Å²) >= 11 is 0. The van der Waals surface area contributed by atoms with Crippen LogP contribution in [0.1, 0.15) is 19.4 Å². The molecule has 98 valence electrons.